The van der Waals surface area contributed by atoms with Gasteiger partial charge in [0.05, 0.1) is 10.3 Å². The van der Waals surface area contributed by atoms with Crippen molar-refractivity contribution in [3.05, 3.63) is 89.7 Å². The summed E-state index contributed by atoms with van der Waals surface area (Å²) in [4.78, 5) is 2.10. The van der Waals surface area contributed by atoms with Crippen LogP contribution >= 0.6 is 11.8 Å². The van der Waals surface area contributed by atoms with Crippen LogP contribution in [0, 0.1) is 5.41 Å². The Bertz CT molecular complexity index is 1550. The highest BCUT2D eigenvalue weighted by Crippen LogP contribution is 2.48. The summed E-state index contributed by atoms with van der Waals surface area (Å²) in [7, 11) is -4.28. The quantitative estimate of drug-likeness (QED) is 0.0822. The van der Waals surface area contributed by atoms with E-state index in [-0.39, 0.29) is 15.5 Å². The van der Waals surface area contributed by atoms with Gasteiger partial charge >= 0.3 is 0 Å². The van der Waals surface area contributed by atoms with Crippen LogP contribution in [0.2, 0.25) is 0 Å². The van der Waals surface area contributed by atoms with Crippen LogP contribution in [0.15, 0.2) is 83.4 Å². The van der Waals surface area contributed by atoms with Gasteiger partial charge < -0.3 is 10.6 Å². The summed E-state index contributed by atoms with van der Waals surface area (Å²) in [6, 6.07) is 13.3. The summed E-state index contributed by atoms with van der Waals surface area (Å²) in [6.45, 7) is 12.3. The Labute approximate surface area is 242 Å². The van der Waals surface area contributed by atoms with Crippen LogP contribution in [0.1, 0.15) is 52.2 Å². The third-order valence-corrected chi connectivity index (χ3v) is 9.44. The Morgan fingerprint density at radius 3 is 2.48 bits per heavy atom. The van der Waals surface area contributed by atoms with Gasteiger partial charge in [0.2, 0.25) is 5.69 Å². The largest absolute Gasteiger partial charge is 0.379 e. The first-order valence-corrected chi connectivity index (χ1v) is 15.9. The zero-order chi connectivity index (χ0) is 29.3. The minimum atomic E-state index is -4.28. The molecule has 2 heterocycles. The minimum Gasteiger partial charge on any atom is -0.379 e. The number of para-hydroxylation sites is 1. The zero-order valence-electron chi connectivity index (χ0n) is 23.8. The number of allylic oxidation sites excluding steroid dienone is 6. The van der Waals surface area contributed by atoms with Gasteiger partial charge in [-0.3, -0.25) is 9.96 Å². The number of nitrogens with one attached hydrogen (secondary N) is 1. The molecule has 0 aromatic heterocycles. The van der Waals surface area contributed by atoms with Gasteiger partial charge in [-0.1, -0.05) is 62.0 Å². The second kappa shape index (κ2) is 11.4. The van der Waals surface area contributed by atoms with Crippen LogP contribution in [-0.2, 0) is 20.9 Å². The molecular formula is C31H39N4O3S2+. The predicted octanol–water partition coefficient (Wildman–Crippen LogP) is 6.14. The van der Waals surface area contributed by atoms with E-state index in [9.17, 15) is 13.0 Å². The Morgan fingerprint density at radius 2 is 1.80 bits per heavy atom. The molecule has 2 aromatic carbocycles. The molecular weight excluding hydrogens is 541 g/mol. The molecule has 0 aliphatic carbocycles. The number of nitrogens with zero attached hydrogens (tertiary/aromatic N) is 2. The molecule has 4 rings (SSSR count). The molecule has 0 atom stereocenters. The van der Waals surface area contributed by atoms with Gasteiger partial charge in [-0.25, -0.2) is 0 Å². The third-order valence-electron chi connectivity index (χ3n) is 7.79. The molecule has 0 saturated carbocycles. The van der Waals surface area contributed by atoms with Gasteiger partial charge in [-0.05, 0) is 50.6 Å². The first kappa shape index (κ1) is 29.8. The summed E-state index contributed by atoms with van der Waals surface area (Å²) < 4.78 is 35.5. The van der Waals surface area contributed by atoms with Crippen LogP contribution in [0.3, 0.4) is 0 Å². The first-order valence-electron chi connectivity index (χ1n) is 13.5. The van der Waals surface area contributed by atoms with E-state index in [0.717, 1.165) is 42.2 Å². The normalized spacial score (nSPS) is 18.8. The molecule has 0 unspecified atom stereocenters. The van der Waals surface area contributed by atoms with E-state index in [1.807, 2.05) is 12.2 Å². The molecule has 40 heavy (non-hydrogen) atoms. The average Bonchev–Trinajstić information content (AvgIpc) is 3.24. The van der Waals surface area contributed by atoms with Crippen molar-refractivity contribution in [3.8, 4) is 0 Å². The summed E-state index contributed by atoms with van der Waals surface area (Å²) in [5, 5.41) is 7.63. The van der Waals surface area contributed by atoms with E-state index in [1.165, 1.54) is 34.8 Å². The van der Waals surface area contributed by atoms with E-state index < -0.39 is 15.5 Å². The number of thioether (sulfide) groups is 1. The number of nitrogens with two attached hydrogens (primary N) is 1. The Hall–Kier alpha value is -3.14. The molecule has 0 amide bonds. The number of hydrogen-bond donors (Lipinski definition) is 3. The van der Waals surface area contributed by atoms with Crippen molar-refractivity contribution >= 4 is 44.1 Å². The first-order chi connectivity index (χ1) is 18.8. The van der Waals surface area contributed by atoms with Gasteiger partial charge in [0.15, 0.2) is 10.9 Å². The van der Waals surface area contributed by atoms with Gasteiger partial charge in [-0.2, -0.15) is 13.0 Å². The predicted molar refractivity (Wildman–Crippen MR) is 167 cm³/mol. The molecule has 2 aromatic rings. The molecule has 0 saturated heterocycles. The van der Waals surface area contributed by atoms with Crippen LogP contribution < -0.4 is 10.6 Å². The second-order valence-electron chi connectivity index (χ2n) is 11.1. The second-order valence-corrected chi connectivity index (χ2v) is 13.6. The summed E-state index contributed by atoms with van der Waals surface area (Å²) in [6.07, 6.45) is 11.3. The maximum atomic E-state index is 11.8. The van der Waals surface area contributed by atoms with Crippen LogP contribution in [0.5, 0.6) is 0 Å². The number of anilines is 1. The number of amidine groups is 1. The molecule has 2 aliphatic rings. The van der Waals surface area contributed by atoms with Crippen LogP contribution in [0.25, 0.3) is 0 Å². The summed E-state index contributed by atoms with van der Waals surface area (Å²) >= 11 is 1.38. The lowest BCUT2D eigenvalue weighted by atomic mass is 9.81. The number of likely N-dealkylation sites (N-methyl/N-ethyl adjacent to an activating group) is 1. The fourth-order valence-corrected chi connectivity index (χ4v) is 6.80. The molecule has 212 valence electrons. The van der Waals surface area contributed by atoms with E-state index in [2.05, 4.69) is 86.6 Å². The molecule has 0 spiro atoms. The zero-order valence-corrected chi connectivity index (χ0v) is 25.4. The fraction of sp³-hybridized carbons (Fsp3) is 0.355. The summed E-state index contributed by atoms with van der Waals surface area (Å²) in [5.41, 5.74) is 11.6. The van der Waals surface area contributed by atoms with Crippen molar-refractivity contribution < 1.29 is 17.5 Å². The third kappa shape index (κ3) is 5.68. The molecule has 2 aliphatic heterocycles. The van der Waals surface area contributed by atoms with E-state index >= 15 is 0 Å². The standard InChI is InChI=1S/C31H38N4O3S2/c1-6-34-26-18-17-22(40(36,37)38)21-24(26)31(4,5)27(34)15-8-7-9-16-28-30(2,3)23-13-10-11-14-25(23)35(28)19-12-20-39-29(32)33/h7-11,13-18,21H,6,12,19-20H2,1-5H3,(H3-,32,33,36,37,38)/p+1. The van der Waals surface area contributed by atoms with Crippen molar-refractivity contribution in [1.29, 1.82) is 5.41 Å². The Balaban J connectivity index is 1.61. The topological polar surface area (TPSA) is 110 Å². The van der Waals surface area contributed by atoms with E-state index in [1.54, 1.807) is 12.1 Å². The molecule has 0 radical (unpaired) electrons. The molecule has 9 heteroatoms. The Kier molecular flexibility index (Phi) is 8.49. The fourth-order valence-electron chi connectivity index (χ4n) is 5.80. The van der Waals surface area contributed by atoms with Crippen molar-refractivity contribution in [3.63, 3.8) is 0 Å². The highest BCUT2D eigenvalue weighted by Gasteiger charge is 2.44. The molecule has 0 fully saturated rings. The average molecular weight is 580 g/mol. The van der Waals surface area contributed by atoms with Crippen LogP contribution in [0.4, 0.5) is 11.4 Å². The molecule has 0 bridgehead atoms. The molecule has 7 nitrogen and oxygen atoms in total. The minimum absolute atomic E-state index is 0.0863. The smallest absolute Gasteiger partial charge is 0.294 e. The van der Waals surface area contributed by atoms with E-state index in [0.29, 0.717) is 0 Å². The number of hydrogen-bond acceptors (Lipinski definition) is 5. The highest BCUT2D eigenvalue weighted by molar-refractivity contribution is 8.13. The van der Waals surface area contributed by atoms with Gasteiger partial charge in [0.25, 0.3) is 10.1 Å². The van der Waals surface area contributed by atoms with Crippen molar-refractivity contribution in [2.24, 2.45) is 5.73 Å². The van der Waals surface area contributed by atoms with E-state index in [4.69, 9.17) is 11.1 Å². The number of benzene rings is 2. The number of fused-ring (bicyclic) bond motifs is 2. The Morgan fingerprint density at radius 1 is 1.07 bits per heavy atom. The highest BCUT2D eigenvalue weighted by atomic mass is 32.2. The van der Waals surface area contributed by atoms with Crippen molar-refractivity contribution in [2.45, 2.75) is 56.8 Å². The lowest BCUT2D eigenvalue weighted by Crippen LogP contribution is -2.28. The van der Waals surface area contributed by atoms with Gasteiger partial charge in [-0.15, -0.1) is 0 Å². The van der Waals surface area contributed by atoms with Crippen molar-refractivity contribution in [1.82, 2.24) is 0 Å². The summed E-state index contributed by atoms with van der Waals surface area (Å²) in [5.74, 6) is 0.802. The lowest BCUT2D eigenvalue weighted by molar-refractivity contribution is -0.437. The van der Waals surface area contributed by atoms with Gasteiger partial charge in [0.1, 0.15) is 6.54 Å². The maximum absolute atomic E-state index is 11.8. The number of rotatable bonds is 9. The van der Waals surface area contributed by atoms with Crippen LogP contribution in [-0.4, -0.2) is 47.3 Å². The SMILES string of the molecule is CCN1/C(=C/C=C/C=C/C2=[N+](CCCSC(=N)N)c3ccccc3C2(C)C)C(C)(C)c2cc(S(=O)(=O)O)ccc21. The maximum Gasteiger partial charge on any atom is 0.294 e. The monoisotopic (exact) mass is 579 g/mol. The lowest BCUT2D eigenvalue weighted by Gasteiger charge is -2.25. The van der Waals surface area contributed by atoms with Crippen molar-refractivity contribution in [2.75, 3.05) is 23.7 Å². The molecule has 4 N–H and O–H groups in total. The van der Waals surface area contributed by atoms with Gasteiger partial charge in [0, 0.05) is 53.2 Å².